The van der Waals surface area contributed by atoms with Crippen LogP contribution in [0, 0.1) is 0 Å². The number of nitrogens with zero attached hydrogens (tertiary/aromatic N) is 2. The van der Waals surface area contributed by atoms with Crippen LogP contribution in [0.25, 0.3) is 21.8 Å². The Morgan fingerprint density at radius 3 is 2.53 bits per heavy atom. The lowest BCUT2D eigenvalue weighted by Crippen LogP contribution is -2.67. The van der Waals surface area contributed by atoms with E-state index in [2.05, 4.69) is 35.1 Å². The third-order valence-corrected chi connectivity index (χ3v) is 9.20. The molecular formula is C35H36N4O4. The van der Waals surface area contributed by atoms with E-state index in [1.165, 1.54) is 0 Å². The normalized spacial score (nSPS) is 20.0. The van der Waals surface area contributed by atoms with Gasteiger partial charge in [-0.3, -0.25) is 9.59 Å². The molecule has 2 atom stereocenters. The zero-order chi connectivity index (χ0) is 29.7. The van der Waals surface area contributed by atoms with Crippen LogP contribution in [0.5, 0.6) is 11.5 Å². The number of carbonyl (C=O) groups is 2. The number of aromatic nitrogens is 2. The maximum atomic E-state index is 14.4. The number of amides is 2. The Labute approximate surface area is 250 Å². The average Bonchev–Trinajstić information content (AvgIpc) is 3.64. The Morgan fingerprint density at radius 1 is 0.977 bits per heavy atom. The highest BCUT2D eigenvalue weighted by Gasteiger charge is 2.56. The van der Waals surface area contributed by atoms with Gasteiger partial charge >= 0.3 is 0 Å². The van der Waals surface area contributed by atoms with Crippen molar-refractivity contribution in [1.29, 1.82) is 0 Å². The molecule has 2 aliphatic heterocycles. The summed E-state index contributed by atoms with van der Waals surface area (Å²) in [7, 11) is 1.64. The molecule has 0 spiro atoms. The second kappa shape index (κ2) is 10.5. The minimum Gasteiger partial charge on any atom is -0.493 e. The number of rotatable bonds is 8. The topological polar surface area (TPSA) is 90.7 Å². The molecule has 1 fully saturated rings. The van der Waals surface area contributed by atoms with E-state index >= 15 is 0 Å². The van der Waals surface area contributed by atoms with Gasteiger partial charge in [0.1, 0.15) is 0 Å². The van der Waals surface area contributed by atoms with Crippen LogP contribution in [0.3, 0.4) is 0 Å². The molecule has 2 aliphatic rings. The highest BCUT2D eigenvalue weighted by molar-refractivity contribution is 6.01. The summed E-state index contributed by atoms with van der Waals surface area (Å²) in [5.41, 5.74) is 4.86. The number of hydrogen-bond acceptors (Lipinski definition) is 4. The third kappa shape index (κ3) is 4.27. The first-order chi connectivity index (χ1) is 20.9. The molecule has 4 heterocycles. The zero-order valence-electron chi connectivity index (χ0n) is 24.8. The van der Waals surface area contributed by atoms with Crippen LogP contribution >= 0.6 is 0 Å². The van der Waals surface area contributed by atoms with E-state index in [-0.39, 0.29) is 24.3 Å². The maximum absolute atomic E-state index is 14.4. The quantitative estimate of drug-likeness (QED) is 0.247. The van der Waals surface area contributed by atoms with Crippen molar-refractivity contribution >= 4 is 33.6 Å². The van der Waals surface area contributed by atoms with Crippen LogP contribution in [-0.2, 0) is 21.5 Å². The number of hydrogen-bond donors (Lipinski definition) is 2. The summed E-state index contributed by atoms with van der Waals surface area (Å²) in [6, 6.07) is 22.3. The molecule has 7 rings (SSSR count). The van der Waals surface area contributed by atoms with E-state index in [1.807, 2.05) is 61.7 Å². The van der Waals surface area contributed by atoms with Crippen LogP contribution in [0.2, 0.25) is 0 Å². The summed E-state index contributed by atoms with van der Waals surface area (Å²) < 4.78 is 11.6. The maximum Gasteiger partial charge on any atom is 0.254 e. The minimum absolute atomic E-state index is 0.0507. The Kier molecular flexibility index (Phi) is 6.64. The molecule has 1 saturated heterocycles. The summed E-state index contributed by atoms with van der Waals surface area (Å²) in [5, 5.41) is 2.20. The van der Waals surface area contributed by atoms with Crippen LogP contribution in [-0.4, -0.2) is 64.9 Å². The van der Waals surface area contributed by atoms with E-state index in [0.29, 0.717) is 37.6 Å². The molecule has 0 bridgehead atoms. The zero-order valence-corrected chi connectivity index (χ0v) is 24.8. The summed E-state index contributed by atoms with van der Waals surface area (Å²) >= 11 is 0. The van der Waals surface area contributed by atoms with Gasteiger partial charge in [-0.2, -0.15) is 0 Å². The van der Waals surface area contributed by atoms with Crippen LogP contribution in [0.1, 0.15) is 48.6 Å². The van der Waals surface area contributed by atoms with Crippen molar-refractivity contribution in [3.05, 3.63) is 95.3 Å². The molecule has 0 aliphatic carbocycles. The average molecular weight is 577 g/mol. The number of aromatic amines is 2. The number of carbonyl (C=O) groups excluding carboxylic acids is 2. The molecule has 43 heavy (non-hydrogen) atoms. The highest BCUT2D eigenvalue weighted by Crippen LogP contribution is 2.49. The molecule has 8 heteroatoms. The second-order valence-electron chi connectivity index (χ2n) is 11.7. The monoisotopic (exact) mass is 576 g/mol. The standard InChI is InChI=1S/C35H36N4O4/c1-4-17-43-29-14-13-22(18-30(29)42-3)26-20-39-31(40)21-38(16-15-23-19-36-27-11-7-5-9-24(23)27)34(41)35(39,2)33-32(26)25-10-6-8-12-28(25)37-33/h5-14,18-19,26,36-37H,4,15-17,20-21H2,1-3H3/t26?,35-/m0/s1. The van der Waals surface area contributed by atoms with Crippen LogP contribution in [0.4, 0.5) is 0 Å². The van der Waals surface area contributed by atoms with Gasteiger partial charge < -0.3 is 29.2 Å². The largest absolute Gasteiger partial charge is 0.493 e. The summed E-state index contributed by atoms with van der Waals surface area (Å²) in [6.07, 6.45) is 3.56. The first-order valence-corrected chi connectivity index (χ1v) is 15.0. The highest BCUT2D eigenvalue weighted by atomic mass is 16.5. The fourth-order valence-corrected chi connectivity index (χ4v) is 6.98. The Morgan fingerprint density at radius 2 is 1.74 bits per heavy atom. The molecule has 3 aromatic carbocycles. The van der Waals surface area contributed by atoms with Gasteiger partial charge in [0.2, 0.25) is 5.91 Å². The fourth-order valence-electron chi connectivity index (χ4n) is 6.98. The molecule has 8 nitrogen and oxygen atoms in total. The van der Waals surface area contributed by atoms with Gasteiger partial charge in [0.05, 0.1) is 26.0 Å². The minimum atomic E-state index is -1.14. The van der Waals surface area contributed by atoms with E-state index in [4.69, 9.17) is 9.47 Å². The van der Waals surface area contributed by atoms with Gasteiger partial charge in [0.15, 0.2) is 17.0 Å². The molecule has 2 N–H and O–H groups in total. The summed E-state index contributed by atoms with van der Waals surface area (Å²) in [5.74, 6) is 1.10. The Bertz CT molecular complexity index is 1860. The lowest BCUT2D eigenvalue weighted by Gasteiger charge is -2.51. The number of ether oxygens (including phenoxy) is 2. The fraction of sp³-hybridized carbons (Fsp3) is 0.314. The van der Waals surface area contributed by atoms with Crippen molar-refractivity contribution in [3.8, 4) is 11.5 Å². The van der Waals surface area contributed by atoms with Gasteiger partial charge in [-0.25, -0.2) is 0 Å². The summed E-state index contributed by atoms with van der Waals surface area (Å²) in [4.78, 5) is 38.8. The van der Waals surface area contributed by atoms with Crippen LogP contribution < -0.4 is 9.47 Å². The van der Waals surface area contributed by atoms with E-state index in [1.54, 1.807) is 16.9 Å². The van der Waals surface area contributed by atoms with Crippen molar-refractivity contribution in [2.24, 2.45) is 0 Å². The molecule has 0 radical (unpaired) electrons. The van der Waals surface area contributed by atoms with Crippen molar-refractivity contribution in [1.82, 2.24) is 19.8 Å². The van der Waals surface area contributed by atoms with E-state index in [0.717, 1.165) is 50.6 Å². The van der Waals surface area contributed by atoms with Crippen LogP contribution in [0.15, 0.2) is 72.9 Å². The number of piperazine rings is 1. The number of benzene rings is 3. The van der Waals surface area contributed by atoms with Gasteiger partial charge in [0.25, 0.3) is 5.91 Å². The van der Waals surface area contributed by atoms with Gasteiger partial charge in [-0.1, -0.05) is 49.4 Å². The predicted octanol–water partition coefficient (Wildman–Crippen LogP) is 5.72. The second-order valence-corrected chi connectivity index (χ2v) is 11.7. The van der Waals surface area contributed by atoms with Gasteiger partial charge in [-0.05, 0) is 60.7 Å². The lowest BCUT2D eigenvalue weighted by atomic mass is 9.76. The van der Waals surface area contributed by atoms with Crippen molar-refractivity contribution in [2.45, 2.75) is 38.1 Å². The van der Waals surface area contributed by atoms with Gasteiger partial charge in [-0.15, -0.1) is 0 Å². The van der Waals surface area contributed by atoms with E-state index in [9.17, 15) is 9.59 Å². The SMILES string of the molecule is CCCOc1ccc(C2CN3C(=O)CN(CCc4c[nH]c5ccccc45)C(=O)[C@]3(C)c3[nH]c4ccccc4c32)cc1OC. The van der Waals surface area contributed by atoms with Crippen molar-refractivity contribution in [2.75, 3.05) is 33.4 Å². The molecule has 220 valence electrons. The smallest absolute Gasteiger partial charge is 0.254 e. The number of fused-ring (bicyclic) bond motifs is 6. The van der Waals surface area contributed by atoms with Crippen molar-refractivity contribution < 1.29 is 19.1 Å². The predicted molar refractivity (Wildman–Crippen MR) is 167 cm³/mol. The van der Waals surface area contributed by atoms with Gasteiger partial charge in [0, 0.05) is 47.0 Å². The molecule has 2 aromatic heterocycles. The van der Waals surface area contributed by atoms with E-state index < -0.39 is 5.54 Å². The Hall–Kier alpha value is -4.72. The first-order valence-electron chi connectivity index (χ1n) is 15.0. The summed E-state index contributed by atoms with van der Waals surface area (Å²) in [6.45, 7) is 5.49. The molecule has 1 unspecified atom stereocenters. The Balaban J connectivity index is 1.28. The number of para-hydroxylation sites is 2. The molecular weight excluding hydrogens is 540 g/mol. The molecule has 0 saturated carbocycles. The molecule has 5 aromatic rings. The lowest BCUT2D eigenvalue weighted by molar-refractivity contribution is -0.166. The number of H-pyrrole nitrogens is 2. The number of nitrogens with one attached hydrogen (secondary N) is 2. The third-order valence-electron chi connectivity index (χ3n) is 9.20. The first kappa shape index (κ1) is 27.1. The van der Waals surface area contributed by atoms with Crippen molar-refractivity contribution in [3.63, 3.8) is 0 Å². The number of methoxy groups -OCH3 is 1. The molecule has 2 amide bonds.